The van der Waals surface area contributed by atoms with Crippen molar-refractivity contribution in [1.82, 2.24) is 0 Å². The summed E-state index contributed by atoms with van der Waals surface area (Å²) in [4.78, 5) is 11.0. The van der Waals surface area contributed by atoms with Gasteiger partial charge in [0.2, 0.25) is 0 Å². The molecule has 140 valence electrons. The van der Waals surface area contributed by atoms with Gasteiger partial charge in [-0.25, -0.2) is 0 Å². The van der Waals surface area contributed by atoms with Crippen molar-refractivity contribution in [2.24, 2.45) is 0 Å². The Kier molecular flexibility index (Phi) is 5.20. The molecule has 26 heavy (non-hydrogen) atoms. The van der Waals surface area contributed by atoms with Crippen molar-refractivity contribution in [1.29, 1.82) is 0 Å². The smallest absolute Gasteiger partial charge is 0.457 e. The number of rotatable bonds is 3. The zero-order valence-corrected chi connectivity index (χ0v) is 13.5. The molecule has 0 aromatic heterocycles. The van der Waals surface area contributed by atoms with Crippen molar-refractivity contribution in [3.05, 3.63) is 53.1 Å². The van der Waals surface area contributed by atoms with Gasteiger partial charge in [-0.3, -0.25) is 4.79 Å². The summed E-state index contributed by atoms with van der Waals surface area (Å²) in [6.45, 7) is 2.99. The fourth-order valence-corrected chi connectivity index (χ4v) is 2.07. The molecule has 0 atom stereocenters. The molecule has 0 aliphatic heterocycles. The van der Waals surface area contributed by atoms with Crippen LogP contribution in [0, 0.1) is 13.8 Å². The molecular weight excluding hydrogens is 364 g/mol. The monoisotopic (exact) mass is 377 g/mol. The number of aryl methyl sites for hydroxylation is 2. The first-order chi connectivity index (χ1) is 11.9. The third-order valence-electron chi connectivity index (χ3n) is 3.44. The summed E-state index contributed by atoms with van der Waals surface area (Å²) in [6.07, 6.45) is -9.49. The Morgan fingerprint density at radius 1 is 0.923 bits per heavy atom. The summed E-state index contributed by atoms with van der Waals surface area (Å²) in [5, 5.41) is 1.76. The van der Waals surface area contributed by atoms with E-state index >= 15 is 0 Å². The molecule has 2 aromatic rings. The van der Waals surface area contributed by atoms with Crippen molar-refractivity contribution in [2.75, 3.05) is 5.32 Å². The van der Waals surface area contributed by atoms with Crippen molar-refractivity contribution in [2.45, 2.75) is 26.2 Å². The number of benzene rings is 2. The Bertz CT molecular complexity index is 810. The van der Waals surface area contributed by atoms with Gasteiger partial charge >= 0.3 is 18.3 Å². The van der Waals surface area contributed by atoms with E-state index in [9.17, 15) is 31.1 Å². The van der Waals surface area contributed by atoms with Crippen LogP contribution in [0.5, 0.6) is 11.5 Å². The molecule has 3 nitrogen and oxygen atoms in total. The van der Waals surface area contributed by atoms with Crippen LogP contribution in [0.2, 0.25) is 0 Å². The average molecular weight is 377 g/mol. The Balaban J connectivity index is 2.21. The van der Waals surface area contributed by atoms with Crippen molar-refractivity contribution in [3.8, 4) is 11.5 Å². The minimum Gasteiger partial charge on any atom is -0.457 e. The van der Waals surface area contributed by atoms with Gasteiger partial charge in [0.15, 0.2) is 0 Å². The van der Waals surface area contributed by atoms with E-state index < -0.39 is 23.8 Å². The van der Waals surface area contributed by atoms with Crippen LogP contribution >= 0.6 is 0 Å². The lowest BCUT2D eigenvalue weighted by Gasteiger charge is -2.15. The third kappa shape index (κ3) is 4.68. The number of ether oxygens (including phenoxy) is 1. The molecular formula is C17H13F6NO2. The first-order valence-corrected chi connectivity index (χ1v) is 7.22. The van der Waals surface area contributed by atoms with Crippen LogP contribution < -0.4 is 10.1 Å². The number of alkyl halides is 6. The standard InChI is InChI=1S/C17H13F6NO2/c1-9-8-14(10(2)7-13(9)24-15(25)17(21,22)23)26-12-5-3-11(4-6-12)16(18,19)20/h3-8H,1-2H3,(H,24,25). The summed E-state index contributed by atoms with van der Waals surface area (Å²) in [5.41, 5.74) is -0.171. The van der Waals surface area contributed by atoms with E-state index in [1.165, 1.54) is 26.0 Å². The van der Waals surface area contributed by atoms with Crippen LogP contribution in [0.15, 0.2) is 36.4 Å². The lowest BCUT2D eigenvalue weighted by molar-refractivity contribution is -0.167. The number of nitrogens with one attached hydrogen (secondary N) is 1. The van der Waals surface area contributed by atoms with E-state index in [1.54, 1.807) is 5.32 Å². The van der Waals surface area contributed by atoms with Crippen LogP contribution in [-0.2, 0) is 11.0 Å². The third-order valence-corrected chi connectivity index (χ3v) is 3.44. The summed E-state index contributed by atoms with van der Waals surface area (Å²) in [7, 11) is 0. The van der Waals surface area contributed by atoms with Crippen molar-refractivity contribution in [3.63, 3.8) is 0 Å². The van der Waals surface area contributed by atoms with E-state index in [0.29, 0.717) is 11.1 Å². The zero-order chi connectivity index (χ0) is 19.7. The first-order valence-electron chi connectivity index (χ1n) is 7.22. The normalized spacial score (nSPS) is 12.0. The second-order valence-electron chi connectivity index (χ2n) is 5.51. The summed E-state index contributed by atoms with van der Waals surface area (Å²) in [6, 6.07) is 6.66. The number of halogens is 6. The van der Waals surface area contributed by atoms with Gasteiger partial charge in [0, 0.05) is 5.69 Å². The lowest BCUT2D eigenvalue weighted by Crippen LogP contribution is -2.30. The average Bonchev–Trinajstić information content (AvgIpc) is 2.50. The molecule has 0 aliphatic carbocycles. The second-order valence-corrected chi connectivity index (χ2v) is 5.51. The van der Waals surface area contributed by atoms with E-state index in [1.807, 2.05) is 0 Å². The maximum atomic E-state index is 12.5. The maximum absolute atomic E-state index is 12.5. The number of hydrogen-bond donors (Lipinski definition) is 1. The molecule has 0 radical (unpaired) electrons. The van der Waals surface area contributed by atoms with Gasteiger partial charge in [-0.15, -0.1) is 0 Å². The molecule has 0 fully saturated rings. The highest BCUT2D eigenvalue weighted by Gasteiger charge is 2.39. The van der Waals surface area contributed by atoms with Crippen LogP contribution in [0.3, 0.4) is 0 Å². The topological polar surface area (TPSA) is 38.3 Å². The summed E-state index contributed by atoms with van der Waals surface area (Å²) < 4.78 is 80.1. The van der Waals surface area contributed by atoms with Gasteiger partial charge in [0.1, 0.15) is 11.5 Å². The minimum atomic E-state index is -5.02. The Morgan fingerprint density at radius 2 is 1.50 bits per heavy atom. The molecule has 0 saturated heterocycles. The number of anilines is 1. The second kappa shape index (κ2) is 6.89. The van der Waals surface area contributed by atoms with E-state index in [4.69, 9.17) is 4.74 Å². The van der Waals surface area contributed by atoms with Gasteiger partial charge in [0.05, 0.1) is 5.56 Å². The van der Waals surface area contributed by atoms with Gasteiger partial charge < -0.3 is 10.1 Å². The van der Waals surface area contributed by atoms with Crippen molar-refractivity contribution < 1.29 is 35.9 Å². The highest BCUT2D eigenvalue weighted by molar-refractivity contribution is 5.95. The Hall–Kier alpha value is -2.71. The van der Waals surface area contributed by atoms with Crippen LogP contribution in [-0.4, -0.2) is 12.1 Å². The molecule has 0 bridgehead atoms. The minimum absolute atomic E-state index is 0.0374. The predicted molar refractivity (Wildman–Crippen MR) is 82.1 cm³/mol. The number of hydrogen-bond acceptors (Lipinski definition) is 2. The quantitative estimate of drug-likeness (QED) is 0.706. The van der Waals surface area contributed by atoms with Gasteiger partial charge in [-0.1, -0.05) is 0 Å². The molecule has 2 rings (SSSR count). The highest BCUT2D eigenvalue weighted by atomic mass is 19.4. The summed E-state index contributed by atoms with van der Waals surface area (Å²) in [5.74, 6) is -1.73. The lowest BCUT2D eigenvalue weighted by atomic mass is 10.1. The molecule has 1 amide bonds. The molecule has 0 saturated carbocycles. The number of carbonyl (C=O) groups is 1. The maximum Gasteiger partial charge on any atom is 0.471 e. The summed E-state index contributed by atoms with van der Waals surface area (Å²) >= 11 is 0. The highest BCUT2D eigenvalue weighted by Crippen LogP contribution is 2.34. The van der Waals surface area contributed by atoms with Gasteiger partial charge in [-0.2, -0.15) is 26.3 Å². The van der Waals surface area contributed by atoms with Crippen molar-refractivity contribution >= 4 is 11.6 Å². The van der Waals surface area contributed by atoms with E-state index in [-0.39, 0.29) is 17.2 Å². The number of carbonyl (C=O) groups excluding carboxylic acids is 1. The fourth-order valence-electron chi connectivity index (χ4n) is 2.07. The zero-order valence-electron chi connectivity index (χ0n) is 13.5. The number of amides is 1. The van der Waals surface area contributed by atoms with Crippen LogP contribution in [0.4, 0.5) is 32.0 Å². The van der Waals surface area contributed by atoms with Crippen LogP contribution in [0.1, 0.15) is 16.7 Å². The largest absolute Gasteiger partial charge is 0.471 e. The molecule has 2 aromatic carbocycles. The van der Waals surface area contributed by atoms with Gasteiger partial charge in [-0.05, 0) is 61.4 Å². The molecule has 1 N–H and O–H groups in total. The van der Waals surface area contributed by atoms with E-state index in [0.717, 1.165) is 24.3 Å². The predicted octanol–water partition coefficient (Wildman–Crippen LogP) is 5.62. The molecule has 0 aliphatic rings. The van der Waals surface area contributed by atoms with Gasteiger partial charge in [0.25, 0.3) is 0 Å². The fraction of sp³-hybridized carbons (Fsp3) is 0.235. The van der Waals surface area contributed by atoms with Crippen LogP contribution in [0.25, 0.3) is 0 Å². The molecule has 0 heterocycles. The SMILES string of the molecule is Cc1cc(Oc2ccc(C(F)(F)F)cc2)c(C)cc1NC(=O)C(F)(F)F. The van der Waals surface area contributed by atoms with E-state index in [2.05, 4.69) is 0 Å². The Labute approximate surface area is 144 Å². The molecule has 0 spiro atoms. The molecule has 9 heteroatoms. The Morgan fingerprint density at radius 3 is 2.00 bits per heavy atom. The molecule has 0 unspecified atom stereocenters. The first kappa shape index (κ1) is 19.6.